The zero-order valence-corrected chi connectivity index (χ0v) is 9.09. The first kappa shape index (κ1) is 10.0. The summed E-state index contributed by atoms with van der Waals surface area (Å²) in [6, 6.07) is 3.94. The van der Waals surface area contributed by atoms with Gasteiger partial charge < -0.3 is 10.1 Å². The van der Waals surface area contributed by atoms with Gasteiger partial charge in [0.05, 0.1) is 12.8 Å². The smallest absolute Gasteiger partial charge is 0.224 e. The van der Waals surface area contributed by atoms with Gasteiger partial charge in [0.15, 0.2) is 0 Å². The third-order valence-electron chi connectivity index (χ3n) is 2.79. The minimum absolute atomic E-state index is 0.102. The highest BCUT2D eigenvalue weighted by atomic mass is 16.5. The predicted octanol–water partition coefficient (Wildman–Crippen LogP) is 2.28. The molecule has 1 aliphatic rings. The normalized spacial score (nSPS) is 15.2. The van der Waals surface area contributed by atoms with Crippen LogP contribution in [0.15, 0.2) is 12.1 Å². The maximum Gasteiger partial charge on any atom is 0.224 e. The molecule has 1 aromatic rings. The number of nitrogens with one attached hydrogen (secondary N) is 1. The zero-order valence-electron chi connectivity index (χ0n) is 9.09. The minimum Gasteiger partial charge on any atom is -0.496 e. The highest BCUT2D eigenvalue weighted by molar-refractivity contribution is 5.93. The molecule has 0 bridgehead atoms. The zero-order chi connectivity index (χ0) is 10.8. The number of ether oxygens (including phenoxy) is 1. The molecule has 0 aromatic heterocycles. The number of benzene rings is 1. The Kier molecular flexibility index (Phi) is 2.62. The molecule has 1 N–H and O–H groups in total. The second-order valence-electron chi connectivity index (χ2n) is 3.84. The average molecular weight is 205 g/mol. The lowest BCUT2D eigenvalue weighted by Gasteiger charge is -2.13. The fraction of sp³-hybridized carbons (Fsp3) is 0.417. The first-order valence-electron chi connectivity index (χ1n) is 5.18. The summed E-state index contributed by atoms with van der Waals surface area (Å²) in [5.41, 5.74) is 3.17. The molecule has 3 heteroatoms. The first-order valence-corrected chi connectivity index (χ1v) is 5.18. The van der Waals surface area contributed by atoms with Crippen molar-refractivity contribution in [2.24, 2.45) is 0 Å². The number of aryl methyl sites for hydroxylation is 1. The van der Waals surface area contributed by atoms with Crippen molar-refractivity contribution in [3.05, 3.63) is 23.3 Å². The van der Waals surface area contributed by atoms with Crippen LogP contribution in [0, 0.1) is 6.92 Å². The second-order valence-corrected chi connectivity index (χ2v) is 3.84. The molecule has 1 heterocycles. The fourth-order valence-corrected chi connectivity index (χ4v) is 1.99. The molecule has 15 heavy (non-hydrogen) atoms. The van der Waals surface area contributed by atoms with Gasteiger partial charge in [-0.15, -0.1) is 0 Å². The van der Waals surface area contributed by atoms with Crippen LogP contribution in [0.3, 0.4) is 0 Å². The van der Waals surface area contributed by atoms with Gasteiger partial charge in [-0.25, -0.2) is 0 Å². The molecule has 1 aliphatic heterocycles. The second kappa shape index (κ2) is 3.93. The van der Waals surface area contributed by atoms with Crippen molar-refractivity contribution in [3.8, 4) is 5.75 Å². The van der Waals surface area contributed by atoms with E-state index in [2.05, 4.69) is 5.32 Å². The average Bonchev–Trinajstić information content (AvgIpc) is 2.41. The molecule has 0 radical (unpaired) electrons. The number of hydrogen-bond donors (Lipinski definition) is 1. The molecule has 0 atom stereocenters. The van der Waals surface area contributed by atoms with E-state index >= 15 is 0 Å². The van der Waals surface area contributed by atoms with Gasteiger partial charge >= 0.3 is 0 Å². The molecule has 0 saturated heterocycles. The molecule has 0 unspecified atom stereocenters. The number of amides is 1. The van der Waals surface area contributed by atoms with Crippen molar-refractivity contribution >= 4 is 11.6 Å². The summed E-state index contributed by atoms with van der Waals surface area (Å²) in [6.07, 6.45) is 2.38. The largest absolute Gasteiger partial charge is 0.496 e. The minimum atomic E-state index is 0.102. The SMILES string of the molecule is COc1ccc(C)c2c1CCCC(=O)N2. The molecule has 1 aromatic carbocycles. The van der Waals surface area contributed by atoms with Gasteiger partial charge in [-0.1, -0.05) is 6.07 Å². The van der Waals surface area contributed by atoms with Gasteiger partial charge in [0.25, 0.3) is 0 Å². The third-order valence-corrected chi connectivity index (χ3v) is 2.79. The van der Waals surface area contributed by atoms with Gasteiger partial charge in [0, 0.05) is 12.0 Å². The van der Waals surface area contributed by atoms with Crippen LogP contribution in [0.4, 0.5) is 5.69 Å². The van der Waals surface area contributed by atoms with E-state index in [4.69, 9.17) is 4.74 Å². The standard InChI is InChI=1S/C12H15NO2/c1-8-6-7-10(15-2)9-4-3-5-11(14)13-12(8)9/h6-7H,3-5H2,1-2H3,(H,13,14). The van der Waals surface area contributed by atoms with Crippen LogP contribution in [0.2, 0.25) is 0 Å². The van der Waals surface area contributed by atoms with E-state index in [1.54, 1.807) is 7.11 Å². The Morgan fingerprint density at radius 3 is 2.87 bits per heavy atom. The van der Waals surface area contributed by atoms with Crippen molar-refractivity contribution in [1.82, 2.24) is 0 Å². The fourth-order valence-electron chi connectivity index (χ4n) is 1.99. The Bertz CT molecular complexity index is 399. The third kappa shape index (κ3) is 1.82. The Labute approximate surface area is 89.4 Å². The molecule has 0 saturated carbocycles. The van der Waals surface area contributed by atoms with E-state index in [1.807, 2.05) is 19.1 Å². The molecule has 1 amide bonds. The van der Waals surface area contributed by atoms with Crippen molar-refractivity contribution in [3.63, 3.8) is 0 Å². The molecular weight excluding hydrogens is 190 g/mol. The lowest BCUT2D eigenvalue weighted by molar-refractivity contribution is -0.116. The Hall–Kier alpha value is -1.51. The van der Waals surface area contributed by atoms with Crippen LogP contribution in [0.25, 0.3) is 0 Å². The van der Waals surface area contributed by atoms with E-state index in [0.29, 0.717) is 6.42 Å². The van der Waals surface area contributed by atoms with E-state index < -0.39 is 0 Å². The summed E-state index contributed by atoms with van der Waals surface area (Å²) in [7, 11) is 1.66. The van der Waals surface area contributed by atoms with Gasteiger partial charge in [0.2, 0.25) is 5.91 Å². The lowest BCUT2D eigenvalue weighted by Crippen LogP contribution is -2.10. The highest BCUT2D eigenvalue weighted by Gasteiger charge is 2.17. The number of rotatable bonds is 1. The summed E-state index contributed by atoms with van der Waals surface area (Å²) >= 11 is 0. The lowest BCUT2D eigenvalue weighted by atomic mass is 10.0. The predicted molar refractivity (Wildman–Crippen MR) is 59.3 cm³/mol. The summed E-state index contributed by atoms with van der Waals surface area (Å²) < 4.78 is 5.31. The number of anilines is 1. The number of carbonyl (C=O) groups excluding carboxylic acids is 1. The van der Waals surface area contributed by atoms with E-state index in [9.17, 15) is 4.79 Å². The van der Waals surface area contributed by atoms with Gasteiger partial charge in [-0.05, 0) is 31.4 Å². The quantitative estimate of drug-likeness (QED) is 0.763. The van der Waals surface area contributed by atoms with Gasteiger partial charge in [-0.2, -0.15) is 0 Å². The molecule has 80 valence electrons. The number of carbonyl (C=O) groups is 1. The van der Waals surface area contributed by atoms with Crippen molar-refractivity contribution in [2.45, 2.75) is 26.2 Å². The van der Waals surface area contributed by atoms with E-state index in [-0.39, 0.29) is 5.91 Å². The van der Waals surface area contributed by atoms with Crippen LogP contribution < -0.4 is 10.1 Å². The van der Waals surface area contributed by atoms with Crippen LogP contribution in [0.1, 0.15) is 24.0 Å². The highest BCUT2D eigenvalue weighted by Crippen LogP contribution is 2.33. The first-order chi connectivity index (χ1) is 7.22. The number of methoxy groups -OCH3 is 1. The number of fused-ring (bicyclic) bond motifs is 1. The van der Waals surface area contributed by atoms with Crippen LogP contribution >= 0.6 is 0 Å². The molecule has 0 spiro atoms. The van der Waals surface area contributed by atoms with E-state index in [0.717, 1.165) is 35.4 Å². The molecule has 3 nitrogen and oxygen atoms in total. The topological polar surface area (TPSA) is 38.3 Å². The molecule has 0 fully saturated rings. The summed E-state index contributed by atoms with van der Waals surface area (Å²) in [4.78, 5) is 11.4. The summed E-state index contributed by atoms with van der Waals surface area (Å²) in [5.74, 6) is 0.975. The number of hydrogen-bond acceptors (Lipinski definition) is 2. The Morgan fingerprint density at radius 2 is 2.13 bits per heavy atom. The Balaban J connectivity index is 2.52. The van der Waals surface area contributed by atoms with Gasteiger partial charge in [0.1, 0.15) is 5.75 Å². The van der Waals surface area contributed by atoms with Crippen LogP contribution in [-0.4, -0.2) is 13.0 Å². The van der Waals surface area contributed by atoms with E-state index in [1.165, 1.54) is 0 Å². The Morgan fingerprint density at radius 1 is 1.33 bits per heavy atom. The van der Waals surface area contributed by atoms with Crippen LogP contribution in [-0.2, 0) is 11.2 Å². The monoisotopic (exact) mass is 205 g/mol. The molecule has 2 rings (SSSR count). The van der Waals surface area contributed by atoms with Crippen molar-refractivity contribution in [1.29, 1.82) is 0 Å². The van der Waals surface area contributed by atoms with Crippen molar-refractivity contribution < 1.29 is 9.53 Å². The maximum absolute atomic E-state index is 11.4. The summed E-state index contributed by atoms with van der Waals surface area (Å²) in [5, 5.41) is 2.95. The maximum atomic E-state index is 11.4. The van der Waals surface area contributed by atoms with Crippen LogP contribution in [0.5, 0.6) is 5.75 Å². The summed E-state index contributed by atoms with van der Waals surface area (Å²) in [6.45, 7) is 2.00. The van der Waals surface area contributed by atoms with Gasteiger partial charge in [-0.3, -0.25) is 4.79 Å². The molecule has 0 aliphatic carbocycles. The molecular formula is C12H15NO2. The van der Waals surface area contributed by atoms with Crippen molar-refractivity contribution in [2.75, 3.05) is 12.4 Å².